The Labute approximate surface area is 183 Å². The fraction of sp³-hybridized carbons (Fsp3) is 0.348. The number of nitrogens with zero attached hydrogens (tertiary/aromatic N) is 4. The highest BCUT2D eigenvalue weighted by molar-refractivity contribution is 5.82. The van der Waals surface area contributed by atoms with E-state index in [1.165, 1.54) is 12.4 Å². The number of aromatic nitrogens is 5. The number of benzene rings is 1. The molecule has 0 amide bonds. The van der Waals surface area contributed by atoms with Crippen LogP contribution in [0.5, 0.6) is 11.6 Å². The monoisotopic (exact) mass is 438 g/mol. The van der Waals surface area contributed by atoms with Gasteiger partial charge in [-0.25, -0.2) is 14.1 Å². The van der Waals surface area contributed by atoms with Crippen molar-refractivity contribution >= 4 is 22.5 Å². The highest BCUT2D eigenvalue weighted by Gasteiger charge is 2.30. The standard InChI is InChI=1S/C23H24F2N6O/c1-12-9-14-15(28-12)7-8-17(19(14)24)32-22-20(25)21(26-11-27-22)29-18-10-16(13-5-6-13)30-31(18)23(2,3)4/h7-11,13,28H,5-6H2,1-4H3,(H,26,27,29). The number of fused-ring (bicyclic) bond motifs is 1. The van der Waals surface area contributed by atoms with Crippen molar-refractivity contribution in [2.75, 3.05) is 5.32 Å². The van der Waals surface area contributed by atoms with Crippen LogP contribution in [0.25, 0.3) is 10.9 Å². The molecule has 0 bridgehead atoms. The van der Waals surface area contributed by atoms with Crippen LogP contribution in [0.4, 0.5) is 20.4 Å². The zero-order valence-corrected chi connectivity index (χ0v) is 18.3. The molecule has 1 aromatic carbocycles. The average molecular weight is 438 g/mol. The molecule has 1 aliphatic rings. The molecular weight excluding hydrogens is 414 g/mol. The summed E-state index contributed by atoms with van der Waals surface area (Å²) < 4.78 is 37.4. The van der Waals surface area contributed by atoms with Gasteiger partial charge in [0.25, 0.3) is 5.88 Å². The van der Waals surface area contributed by atoms with Crippen LogP contribution in [0.1, 0.15) is 50.9 Å². The Morgan fingerprint density at radius 3 is 2.62 bits per heavy atom. The van der Waals surface area contributed by atoms with Crippen LogP contribution in [0.2, 0.25) is 0 Å². The molecule has 7 nitrogen and oxygen atoms in total. The molecule has 0 radical (unpaired) electrons. The Balaban J connectivity index is 1.47. The highest BCUT2D eigenvalue weighted by Crippen LogP contribution is 2.41. The van der Waals surface area contributed by atoms with Crippen LogP contribution < -0.4 is 10.1 Å². The Kier molecular flexibility index (Phi) is 4.65. The van der Waals surface area contributed by atoms with Crippen LogP contribution in [0.15, 0.2) is 30.6 Å². The quantitative estimate of drug-likeness (QED) is 0.405. The molecule has 0 aliphatic heterocycles. The maximum absolute atomic E-state index is 15.2. The third-order valence-electron chi connectivity index (χ3n) is 5.41. The van der Waals surface area contributed by atoms with E-state index in [0.717, 1.165) is 24.2 Å². The van der Waals surface area contributed by atoms with E-state index in [2.05, 4.69) is 20.3 Å². The Hall–Kier alpha value is -3.49. The van der Waals surface area contributed by atoms with Gasteiger partial charge in [-0.3, -0.25) is 0 Å². The number of ether oxygens (including phenoxy) is 1. The molecule has 4 aromatic rings. The van der Waals surface area contributed by atoms with Crippen molar-refractivity contribution in [3.63, 3.8) is 0 Å². The Bertz CT molecular complexity index is 1320. The van der Waals surface area contributed by atoms with Crippen LogP contribution in [-0.2, 0) is 5.54 Å². The van der Waals surface area contributed by atoms with E-state index < -0.39 is 11.6 Å². The number of hydrogen-bond donors (Lipinski definition) is 2. The molecule has 1 aliphatic carbocycles. The molecule has 32 heavy (non-hydrogen) atoms. The number of rotatable bonds is 5. The fourth-order valence-corrected chi connectivity index (χ4v) is 3.68. The first-order valence-electron chi connectivity index (χ1n) is 10.5. The summed E-state index contributed by atoms with van der Waals surface area (Å²) in [5.41, 5.74) is 2.12. The predicted molar refractivity (Wildman–Crippen MR) is 118 cm³/mol. The van der Waals surface area contributed by atoms with Gasteiger partial charge in [-0.1, -0.05) is 0 Å². The van der Waals surface area contributed by atoms with E-state index in [1.807, 2.05) is 38.4 Å². The number of aryl methyl sites for hydroxylation is 1. The van der Waals surface area contributed by atoms with Crippen LogP contribution in [0.3, 0.4) is 0 Å². The van der Waals surface area contributed by atoms with Gasteiger partial charge in [0, 0.05) is 28.6 Å². The largest absolute Gasteiger partial charge is 0.433 e. The summed E-state index contributed by atoms with van der Waals surface area (Å²) in [5.74, 6) is -0.873. The molecule has 0 unspecified atom stereocenters. The highest BCUT2D eigenvalue weighted by atomic mass is 19.1. The first kappa shape index (κ1) is 20.4. The maximum atomic E-state index is 15.2. The first-order chi connectivity index (χ1) is 15.2. The summed E-state index contributed by atoms with van der Waals surface area (Å²) in [5, 5.41) is 8.10. The molecule has 0 saturated heterocycles. The summed E-state index contributed by atoms with van der Waals surface area (Å²) in [4.78, 5) is 11.0. The molecule has 1 saturated carbocycles. The lowest BCUT2D eigenvalue weighted by Crippen LogP contribution is -2.25. The molecule has 2 N–H and O–H groups in total. The lowest BCUT2D eigenvalue weighted by atomic mass is 10.1. The fourth-order valence-electron chi connectivity index (χ4n) is 3.68. The minimum Gasteiger partial charge on any atom is -0.433 e. The third kappa shape index (κ3) is 3.68. The molecule has 0 spiro atoms. The van der Waals surface area contributed by atoms with Gasteiger partial charge in [0.2, 0.25) is 5.82 Å². The number of hydrogen-bond acceptors (Lipinski definition) is 5. The van der Waals surface area contributed by atoms with Crippen LogP contribution >= 0.6 is 0 Å². The van der Waals surface area contributed by atoms with Gasteiger partial charge in [-0.2, -0.15) is 14.5 Å². The summed E-state index contributed by atoms with van der Waals surface area (Å²) >= 11 is 0. The van der Waals surface area contributed by atoms with Gasteiger partial charge >= 0.3 is 0 Å². The molecule has 0 atom stereocenters. The van der Waals surface area contributed by atoms with Crippen molar-refractivity contribution in [2.24, 2.45) is 0 Å². The molecular formula is C23H24F2N6O. The van der Waals surface area contributed by atoms with Crippen LogP contribution in [-0.4, -0.2) is 24.7 Å². The van der Waals surface area contributed by atoms with E-state index in [9.17, 15) is 4.39 Å². The van der Waals surface area contributed by atoms with E-state index in [-0.39, 0.29) is 23.0 Å². The van der Waals surface area contributed by atoms with Gasteiger partial charge in [0.15, 0.2) is 17.4 Å². The van der Waals surface area contributed by atoms with Gasteiger partial charge in [-0.15, -0.1) is 0 Å². The van der Waals surface area contributed by atoms with Crippen LogP contribution in [0, 0.1) is 18.6 Å². The minimum atomic E-state index is -0.813. The third-order valence-corrected chi connectivity index (χ3v) is 5.41. The van der Waals surface area contributed by atoms with E-state index in [4.69, 9.17) is 9.84 Å². The smallest absolute Gasteiger partial charge is 0.261 e. The Morgan fingerprint density at radius 2 is 1.91 bits per heavy atom. The molecule has 3 aromatic heterocycles. The second kappa shape index (κ2) is 7.29. The average Bonchev–Trinajstić information content (AvgIpc) is 3.37. The molecule has 9 heteroatoms. The van der Waals surface area contributed by atoms with Crippen molar-refractivity contribution in [1.82, 2.24) is 24.7 Å². The normalized spacial score (nSPS) is 14.2. The second-order valence-corrected chi connectivity index (χ2v) is 9.17. The van der Waals surface area contributed by atoms with Crippen molar-refractivity contribution < 1.29 is 13.5 Å². The predicted octanol–water partition coefficient (Wildman–Crippen LogP) is 5.91. The lowest BCUT2D eigenvalue weighted by Gasteiger charge is -2.22. The van der Waals surface area contributed by atoms with E-state index >= 15 is 4.39 Å². The van der Waals surface area contributed by atoms with Gasteiger partial charge in [-0.05, 0) is 58.7 Å². The van der Waals surface area contributed by atoms with Crippen molar-refractivity contribution in [3.8, 4) is 11.6 Å². The topological polar surface area (TPSA) is 80.7 Å². The zero-order chi connectivity index (χ0) is 22.6. The molecule has 1 fully saturated rings. The first-order valence-corrected chi connectivity index (χ1v) is 10.5. The van der Waals surface area contributed by atoms with E-state index in [1.54, 1.807) is 12.1 Å². The molecule has 166 valence electrons. The zero-order valence-electron chi connectivity index (χ0n) is 18.3. The van der Waals surface area contributed by atoms with E-state index in [0.29, 0.717) is 22.6 Å². The number of anilines is 2. The summed E-state index contributed by atoms with van der Waals surface area (Å²) in [6.45, 7) is 7.90. The minimum absolute atomic E-state index is 0.0678. The molecule has 3 heterocycles. The van der Waals surface area contributed by atoms with Gasteiger partial charge in [0.1, 0.15) is 12.1 Å². The second-order valence-electron chi connectivity index (χ2n) is 9.17. The number of nitrogens with one attached hydrogen (secondary N) is 2. The lowest BCUT2D eigenvalue weighted by molar-refractivity contribution is 0.358. The summed E-state index contributed by atoms with van der Waals surface area (Å²) in [6.07, 6.45) is 3.39. The molecule has 5 rings (SSSR count). The summed E-state index contributed by atoms with van der Waals surface area (Å²) in [6, 6.07) is 6.72. The summed E-state index contributed by atoms with van der Waals surface area (Å²) in [7, 11) is 0. The van der Waals surface area contributed by atoms with Crippen molar-refractivity contribution in [3.05, 3.63) is 53.6 Å². The number of H-pyrrole nitrogens is 1. The maximum Gasteiger partial charge on any atom is 0.261 e. The van der Waals surface area contributed by atoms with Gasteiger partial charge < -0.3 is 15.0 Å². The SMILES string of the molecule is Cc1cc2c(F)c(Oc3ncnc(Nc4cc(C5CC5)nn4C(C)(C)C)c3F)ccc2[nH]1. The van der Waals surface area contributed by atoms with Crippen molar-refractivity contribution in [1.29, 1.82) is 0 Å². The van der Waals surface area contributed by atoms with Crippen molar-refractivity contribution in [2.45, 2.75) is 52.0 Å². The number of halogens is 2. The Morgan fingerprint density at radius 1 is 1.12 bits per heavy atom. The van der Waals surface area contributed by atoms with Gasteiger partial charge in [0.05, 0.1) is 11.2 Å². The number of aromatic amines is 1.